The third kappa shape index (κ3) is 2.85. The fourth-order valence-corrected chi connectivity index (χ4v) is 3.26. The molecule has 1 aromatic carbocycles. The Morgan fingerprint density at radius 2 is 1.92 bits per heavy atom. The van der Waals surface area contributed by atoms with Gasteiger partial charge in [0.25, 0.3) is 0 Å². The Balaban J connectivity index is 1.73. The predicted molar refractivity (Wildman–Crippen MR) is 75.0 cm³/mol. The van der Waals surface area contributed by atoms with Crippen molar-refractivity contribution in [1.29, 1.82) is 0 Å². The molecule has 0 radical (unpaired) electrons. The van der Waals surface area contributed by atoms with E-state index < -0.39 is 47.7 Å². The molecular weight excluding hydrogens is 330 g/mol. The van der Waals surface area contributed by atoms with Crippen LogP contribution in [0.2, 0.25) is 0 Å². The molecular formula is C16H15F4NO3. The molecule has 1 aliphatic carbocycles. The molecule has 3 unspecified atom stereocenters. The number of nitrogens with zero attached hydrogens (tertiary/aromatic N) is 1. The minimum absolute atomic E-state index is 0.0359. The first-order valence-corrected chi connectivity index (χ1v) is 7.51. The van der Waals surface area contributed by atoms with E-state index in [2.05, 4.69) is 0 Å². The van der Waals surface area contributed by atoms with E-state index in [4.69, 9.17) is 5.11 Å². The maximum absolute atomic E-state index is 14.0. The zero-order valence-corrected chi connectivity index (χ0v) is 12.5. The number of benzene rings is 1. The first kappa shape index (κ1) is 16.7. The summed E-state index contributed by atoms with van der Waals surface area (Å²) < 4.78 is 53.2. The highest BCUT2D eigenvalue weighted by molar-refractivity contribution is 5.86. The monoisotopic (exact) mass is 345 g/mol. The second kappa shape index (κ2) is 5.46. The standard InChI is InChI=1S/C16H15F4NO3/c17-15(14(23)24)5-6-21(8-15)13(22)11-7-10(11)9-3-1-2-4-12(9)16(18,19)20/h1-4,10-11H,5-8H2,(H,23,24). The van der Waals surface area contributed by atoms with Crippen molar-refractivity contribution in [2.75, 3.05) is 13.1 Å². The summed E-state index contributed by atoms with van der Waals surface area (Å²) in [6, 6.07) is 5.09. The van der Waals surface area contributed by atoms with Gasteiger partial charge in [0.1, 0.15) is 0 Å². The van der Waals surface area contributed by atoms with E-state index in [1.54, 1.807) is 0 Å². The minimum Gasteiger partial charge on any atom is -0.479 e. The molecule has 4 nitrogen and oxygen atoms in total. The van der Waals surface area contributed by atoms with Crippen molar-refractivity contribution in [3.8, 4) is 0 Å². The van der Waals surface area contributed by atoms with Crippen LogP contribution in [0, 0.1) is 5.92 Å². The summed E-state index contributed by atoms with van der Waals surface area (Å²) in [5, 5.41) is 8.84. The fraction of sp³-hybridized carbons (Fsp3) is 0.500. The number of rotatable bonds is 3. The third-order valence-electron chi connectivity index (χ3n) is 4.69. The van der Waals surface area contributed by atoms with Gasteiger partial charge >= 0.3 is 12.1 Å². The van der Waals surface area contributed by atoms with Gasteiger partial charge in [-0.05, 0) is 24.0 Å². The Kier molecular flexibility index (Phi) is 3.80. The van der Waals surface area contributed by atoms with Crippen LogP contribution in [0.25, 0.3) is 0 Å². The Morgan fingerprint density at radius 1 is 1.25 bits per heavy atom. The van der Waals surface area contributed by atoms with Crippen LogP contribution in [0.3, 0.4) is 0 Å². The van der Waals surface area contributed by atoms with Crippen LogP contribution in [-0.2, 0) is 15.8 Å². The highest BCUT2D eigenvalue weighted by Crippen LogP contribution is 2.52. The molecule has 1 saturated heterocycles. The molecule has 0 spiro atoms. The molecule has 1 aliphatic heterocycles. The normalized spacial score (nSPS) is 29.6. The minimum atomic E-state index is -4.50. The summed E-state index contributed by atoms with van der Waals surface area (Å²) in [5.41, 5.74) is -3.17. The van der Waals surface area contributed by atoms with E-state index in [1.807, 2.05) is 0 Å². The maximum atomic E-state index is 14.0. The van der Waals surface area contributed by atoms with E-state index in [0.717, 1.165) is 11.0 Å². The number of carbonyl (C=O) groups is 2. The largest absolute Gasteiger partial charge is 0.479 e. The second-order valence-electron chi connectivity index (χ2n) is 6.31. The lowest BCUT2D eigenvalue weighted by molar-refractivity contribution is -0.150. The van der Waals surface area contributed by atoms with Gasteiger partial charge in [-0.15, -0.1) is 0 Å². The molecule has 0 bridgehead atoms. The number of carbonyl (C=O) groups excluding carboxylic acids is 1. The summed E-state index contributed by atoms with van der Waals surface area (Å²) in [5.74, 6) is -3.30. The first-order valence-electron chi connectivity index (χ1n) is 7.51. The zero-order valence-electron chi connectivity index (χ0n) is 12.5. The molecule has 1 aromatic rings. The van der Waals surface area contributed by atoms with Gasteiger partial charge in [0, 0.05) is 18.9 Å². The highest BCUT2D eigenvalue weighted by Gasteiger charge is 2.53. The first-order chi connectivity index (χ1) is 11.1. The fourth-order valence-electron chi connectivity index (χ4n) is 3.26. The lowest BCUT2D eigenvalue weighted by Crippen LogP contribution is -2.39. The molecule has 1 saturated carbocycles. The Morgan fingerprint density at radius 3 is 2.50 bits per heavy atom. The molecule has 130 valence electrons. The van der Waals surface area contributed by atoms with E-state index in [1.165, 1.54) is 18.2 Å². The van der Waals surface area contributed by atoms with Crippen LogP contribution in [0.15, 0.2) is 24.3 Å². The van der Waals surface area contributed by atoms with Crippen LogP contribution in [0.4, 0.5) is 17.6 Å². The number of likely N-dealkylation sites (tertiary alicyclic amines) is 1. The van der Waals surface area contributed by atoms with Gasteiger partial charge in [0.05, 0.1) is 12.1 Å². The van der Waals surface area contributed by atoms with Crippen molar-refractivity contribution in [2.45, 2.75) is 30.6 Å². The van der Waals surface area contributed by atoms with Crippen LogP contribution < -0.4 is 0 Å². The molecule has 0 aromatic heterocycles. The van der Waals surface area contributed by atoms with Crippen LogP contribution >= 0.6 is 0 Å². The average molecular weight is 345 g/mol. The molecule has 3 atom stereocenters. The van der Waals surface area contributed by atoms with Gasteiger partial charge in [-0.3, -0.25) is 4.79 Å². The van der Waals surface area contributed by atoms with Gasteiger partial charge in [0.2, 0.25) is 11.6 Å². The lowest BCUT2D eigenvalue weighted by Gasteiger charge is -2.18. The van der Waals surface area contributed by atoms with E-state index >= 15 is 0 Å². The summed E-state index contributed by atoms with van der Waals surface area (Å²) >= 11 is 0. The quantitative estimate of drug-likeness (QED) is 0.857. The maximum Gasteiger partial charge on any atom is 0.416 e. The van der Waals surface area contributed by atoms with Crippen molar-refractivity contribution in [1.82, 2.24) is 4.90 Å². The number of carboxylic acid groups (broad SMARTS) is 1. The smallest absolute Gasteiger partial charge is 0.416 e. The Bertz CT molecular complexity index is 690. The van der Waals surface area contributed by atoms with Crippen LogP contribution in [0.1, 0.15) is 29.9 Å². The van der Waals surface area contributed by atoms with Gasteiger partial charge in [-0.2, -0.15) is 13.2 Å². The van der Waals surface area contributed by atoms with Crippen molar-refractivity contribution in [3.05, 3.63) is 35.4 Å². The molecule has 24 heavy (non-hydrogen) atoms. The van der Waals surface area contributed by atoms with E-state index in [-0.39, 0.29) is 24.9 Å². The van der Waals surface area contributed by atoms with E-state index in [9.17, 15) is 27.2 Å². The molecule has 2 aliphatic rings. The number of amides is 1. The van der Waals surface area contributed by atoms with Crippen LogP contribution in [-0.4, -0.2) is 40.6 Å². The summed E-state index contributed by atoms with van der Waals surface area (Å²) in [4.78, 5) is 24.3. The van der Waals surface area contributed by atoms with Gasteiger partial charge < -0.3 is 10.0 Å². The van der Waals surface area contributed by atoms with Gasteiger partial charge in [-0.1, -0.05) is 18.2 Å². The number of aliphatic carboxylic acids is 1. The van der Waals surface area contributed by atoms with Crippen LogP contribution in [0.5, 0.6) is 0 Å². The van der Waals surface area contributed by atoms with Crippen molar-refractivity contribution >= 4 is 11.9 Å². The van der Waals surface area contributed by atoms with Crippen molar-refractivity contribution < 1.29 is 32.3 Å². The third-order valence-corrected chi connectivity index (χ3v) is 4.69. The SMILES string of the molecule is O=C(C1CC1c1ccccc1C(F)(F)F)N1CCC(F)(C(=O)O)C1. The van der Waals surface area contributed by atoms with Crippen molar-refractivity contribution in [2.24, 2.45) is 5.92 Å². The lowest BCUT2D eigenvalue weighted by atomic mass is 10.0. The predicted octanol–water partition coefficient (Wildman–Crippen LogP) is 2.83. The number of halogens is 4. The molecule has 1 amide bonds. The molecule has 1 heterocycles. The van der Waals surface area contributed by atoms with Gasteiger partial charge in [0.15, 0.2) is 0 Å². The summed E-state index contributed by atoms with van der Waals surface area (Å²) in [6.45, 7) is -0.586. The Labute approximate surface area is 135 Å². The zero-order chi connectivity index (χ0) is 17.7. The summed E-state index contributed by atoms with van der Waals surface area (Å²) in [7, 11) is 0. The number of alkyl halides is 4. The molecule has 8 heteroatoms. The van der Waals surface area contributed by atoms with E-state index in [0.29, 0.717) is 0 Å². The topological polar surface area (TPSA) is 57.6 Å². The summed E-state index contributed by atoms with van der Waals surface area (Å²) in [6.07, 6.45) is -4.54. The van der Waals surface area contributed by atoms with Crippen molar-refractivity contribution in [3.63, 3.8) is 0 Å². The number of carboxylic acids is 1. The Hall–Kier alpha value is -2.12. The number of hydrogen-bond acceptors (Lipinski definition) is 2. The highest BCUT2D eigenvalue weighted by atomic mass is 19.4. The molecule has 3 rings (SSSR count). The number of hydrogen-bond donors (Lipinski definition) is 1. The average Bonchev–Trinajstić information content (AvgIpc) is 3.21. The van der Waals surface area contributed by atoms with Gasteiger partial charge in [-0.25, -0.2) is 9.18 Å². The molecule has 1 N–H and O–H groups in total. The molecule has 2 fully saturated rings. The second-order valence-corrected chi connectivity index (χ2v) is 6.31.